The summed E-state index contributed by atoms with van der Waals surface area (Å²) in [7, 11) is 5.90. The number of phenolic OH excluding ortho intramolecular Hbond substituents is 1. The third-order valence-corrected chi connectivity index (χ3v) is 3.65. The fraction of sp³-hybridized carbons (Fsp3) is 0.278. The fourth-order valence-electron chi connectivity index (χ4n) is 2.33. The van der Waals surface area contributed by atoms with Gasteiger partial charge in [0.25, 0.3) is 0 Å². The van der Waals surface area contributed by atoms with E-state index in [1.165, 1.54) is 10.5 Å². The maximum Gasteiger partial charge on any atom is 0.133 e. The smallest absolute Gasteiger partial charge is 0.133 e. The first kappa shape index (κ1) is 16.0. The fourth-order valence-corrected chi connectivity index (χ4v) is 2.33. The molecule has 4 heteroatoms. The highest BCUT2D eigenvalue weighted by molar-refractivity contribution is 5.83. The van der Waals surface area contributed by atoms with Gasteiger partial charge in [-0.05, 0) is 24.3 Å². The molecule has 0 aliphatic rings. The number of hydrogen-bond donors (Lipinski definition) is 2. The highest BCUT2D eigenvalue weighted by Crippen LogP contribution is 2.18. The van der Waals surface area contributed by atoms with Gasteiger partial charge < -0.3 is 14.7 Å². The van der Waals surface area contributed by atoms with Crippen molar-refractivity contribution in [2.45, 2.75) is 6.04 Å². The van der Waals surface area contributed by atoms with Crippen molar-refractivity contribution >= 4 is 6.21 Å². The molecule has 2 rings (SSSR count). The molecular formula is C18H23N2O2+. The van der Waals surface area contributed by atoms with E-state index in [1.54, 1.807) is 25.5 Å². The lowest BCUT2D eigenvalue weighted by molar-refractivity contribution is -0.890. The predicted octanol–water partition coefficient (Wildman–Crippen LogP) is 1.71. The highest BCUT2D eigenvalue weighted by Gasteiger charge is 2.17. The van der Waals surface area contributed by atoms with Crippen molar-refractivity contribution in [1.82, 2.24) is 0 Å². The maximum absolute atomic E-state index is 9.76. The Labute approximate surface area is 131 Å². The lowest BCUT2D eigenvalue weighted by Crippen LogP contribution is -3.06. The molecule has 0 aliphatic carbocycles. The first-order valence-electron chi connectivity index (χ1n) is 7.33. The standard InChI is InChI=1S/C18H22N2O2/c1-20(2)17(14-8-6-9-16(11-14)22-3)13-19-12-15-7-4-5-10-18(15)21/h4-12,17,21H,13H2,1-3H3/p+1/t17-/m0/s1. The van der Waals surface area contributed by atoms with Crippen LogP contribution in [0.5, 0.6) is 11.5 Å². The Balaban J connectivity index is 2.14. The van der Waals surface area contributed by atoms with E-state index in [0.717, 1.165) is 11.3 Å². The molecule has 4 nitrogen and oxygen atoms in total. The summed E-state index contributed by atoms with van der Waals surface area (Å²) in [6, 6.07) is 15.5. The Morgan fingerprint density at radius 2 is 1.95 bits per heavy atom. The summed E-state index contributed by atoms with van der Waals surface area (Å²) in [5.74, 6) is 1.11. The van der Waals surface area contributed by atoms with Crippen molar-refractivity contribution in [3.05, 3.63) is 59.7 Å². The van der Waals surface area contributed by atoms with E-state index < -0.39 is 0 Å². The van der Waals surface area contributed by atoms with Gasteiger partial charge in [-0.2, -0.15) is 0 Å². The molecule has 22 heavy (non-hydrogen) atoms. The molecule has 0 heterocycles. The zero-order chi connectivity index (χ0) is 15.9. The Kier molecular flexibility index (Phi) is 5.55. The van der Waals surface area contributed by atoms with Crippen LogP contribution in [0.1, 0.15) is 17.2 Å². The number of rotatable bonds is 6. The summed E-state index contributed by atoms with van der Waals surface area (Å²) < 4.78 is 5.29. The van der Waals surface area contributed by atoms with Gasteiger partial charge in [0.2, 0.25) is 0 Å². The molecule has 2 N–H and O–H groups in total. The minimum Gasteiger partial charge on any atom is -0.507 e. The van der Waals surface area contributed by atoms with Crippen molar-refractivity contribution in [1.29, 1.82) is 0 Å². The van der Waals surface area contributed by atoms with Crippen molar-refractivity contribution < 1.29 is 14.7 Å². The Hall–Kier alpha value is -2.33. The van der Waals surface area contributed by atoms with Crippen LogP contribution >= 0.6 is 0 Å². The number of aliphatic imine (C=N–C) groups is 1. The molecule has 0 saturated heterocycles. The van der Waals surface area contributed by atoms with Crippen LogP contribution < -0.4 is 9.64 Å². The average Bonchev–Trinajstić information content (AvgIpc) is 2.53. The van der Waals surface area contributed by atoms with Crippen LogP contribution in [0.25, 0.3) is 0 Å². The minimum atomic E-state index is 0.234. The monoisotopic (exact) mass is 299 g/mol. The Bertz CT molecular complexity index is 638. The number of phenols is 1. The summed E-state index contributed by atoms with van der Waals surface area (Å²) in [6.07, 6.45) is 1.73. The van der Waals surface area contributed by atoms with Gasteiger partial charge in [0.05, 0.1) is 27.7 Å². The quantitative estimate of drug-likeness (QED) is 0.798. The normalized spacial score (nSPS) is 12.7. The molecule has 2 aromatic rings. The summed E-state index contributed by atoms with van der Waals surface area (Å²) in [4.78, 5) is 5.80. The van der Waals surface area contributed by atoms with Crippen molar-refractivity contribution in [2.24, 2.45) is 4.99 Å². The highest BCUT2D eigenvalue weighted by atomic mass is 16.5. The average molecular weight is 299 g/mol. The zero-order valence-corrected chi connectivity index (χ0v) is 13.3. The van der Waals surface area contributed by atoms with Crippen LogP contribution in [-0.2, 0) is 0 Å². The van der Waals surface area contributed by atoms with Gasteiger partial charge >= 0.3 is 0 Å². The topological polar surface area (TPSA) is 46.3 Å². The molecule has 0 saturated carbocycles. The van der Waals surface area contributed by atoms with Crippen LogP contribution in [0.3, 0.4) is 0 Å². The van der Waals surface area contributed by atoms with Gasteiger partial charge in [-0.25, -0.2) is 0 Å². The van der Waals surface area contributed by atoms with Crippen molar-refractivity contribution in [2.75, 3.05) is 27.7 Å². The van der Waals surface area contributed by atoms with Gasteiger partial charge in [0.15, 0.2) is 0 Å². The van der Waals surface area contributed by atoms with Gasteiger partial charge in [-0.3, -0.25) is 4.99 Å². The minimum absolute atomic E-state index is 0.234. The third kappa shape index (κ3) is 4.09. The number of para-hydroxylation sites is 1. The van der Waals surface area contributed by atoms with E-state index in [2.05, 4.69) is 25.2 Å². The molecular weight excluding hydrogens is 276 g/mol. The molecule has 0 unspecified atom stereocenters. The van der Waals surface area contributed by atoms with Gasteiger partial charge in [-0.1, -0.05) is 24.3 Å². The van der Waals surface area contributed by atoms with E-state index >= 15 is 0 Å². The number of hydrogen-bond acceptors (Lipinski definition) is 3. The van der Waals surface area contributed by atoms with Crippen molar-refractivity contribution in [3.8, 4) is 11.5 Å². The number of aromatic hydroxyl groups is 1. The Morgan fingerprint density at radius 1 is 1.18 bits per heavy atom. The van der Waals surface area contributed by atoms with Gasteiger partial charge in [0.1, 0.15) is 17.5 Å². The molecule has 0 amide bonds. The van der Waals surface area contributed by atoms with Crippen LogP contribution in [0.4, 0.5) is 0 Å². The molecule has 1 atom stereocenters. The van der Waals surface area contributed by atoms with Crippen LogP contribution in [0.15, 0.2) is 53.5 Å². The van der Waals surface area contributed by atoms with E-state index in [4.69, 9.17) is 4.74 Å². The first-order chi connectivity index (χ1) is 10.6. The van der Waals surface area contributed by atoms with Crippen LogP contribution in [0.2, 0.25) is 0 Å². The summed E-state index contributed by atoms with van der Waals surface area (Å²) in [5, 5.41) is 9.76. The van der Waals surface area contributed by atoms with E-state index in [1.807, 2.05) is 30.3 Å². The lowest BCUT2D eigenvalue weighted by Gasteiger charge is -2.20. The second kappa shape index (κ2) is 7.61. The lowest BCUT2D eigenvalue weighted by atomic mass is 10.1. The molecule has 0 aliphatic heterocycles. The molecule has 2 aromatic carbocycles. The first-order valence-corrected chi connectivity index (χ1v) is 7.33. The predicted molar refractivity (Wildman–Crippen MR) is 89.1 cm³/mol. The van der Waals surface area contributed by atoms with E-state index in [0.29, 0.717) is 6.54 Å². The number of nitrogens with zero attached hydrogens (tertiary/aromatic N) is 1. The Morgan fingerprint density at radius 3 is 2.64 bits per heavy atom. The molecule has 116 valence electrons. The number of ether oxygens (including phenoxy) is 1. The van der Waals surface area contributed by atoms with Gasteiger partial charge in [-0.15, -0.1) is 0 Å². The molecule has 0 fully saturated rings. The SMILES string of the molecule is COc1cccc([C@H](CN=Cc2ccccc2O)[NH+](C)C)c1. The molecule has 0 radical (unpaired) electrons. The third-order valence-electron chi connectivity index (χ3n) is 3.65. The molecule has 0 bridgehead atoms. The zero-order valence-electron chi connectivity index (χ0n) is 13.3. The van der Waals surface area contributed by atoms with Crippen LogP contribution in [-0.4, -0.2) is 39.1 Å². The summed E-state index contributed by atoms with van der Waals surface area (Å²) >= 11 is 0. The maximum atomic E-state index is 9.76. The molecule has 0 spiro atoms. The van der Waals surface area contributed by atoms with E-state index in [-0.39, 0.29) is 11.8 Å². The van der Waals surface area contributed by atoms with Crippen molar-refractivity contribution in [3.63, 3.8) is 0 Å². The number of methoxy groups -OCH3 is 1. The summed E-state index contributed by atoms with van der Waals surface area (Å²) in [6.45, 7) is 0.643. The second-order valence-electron chi connectivity index (χ2n) is 5.46. The molecule has 0 aromatic heterocycles. The van der Waals surface area contributed by atoms with E-state index in [9.17, 15) is 5.11 Å². The second-order valence-corrected chi connectivity index (χ2v) is 5.46. The van der Waals surface area contributed by atoms with Crippen LogP contribution in [0, 0.1) is 0 Å². The largest absolute Gasteiger partial charge is 0.507 e. The number of likely N-dealkylation sites (N-methyl/N-ethyl adjacent to an activating group) is 1. The van der Waals surface area contributed by atoms with Gasteiger partial charge in [0, 0.05) is 17.3 Å². The number of benzene rings is 2. The number of quaternary nitrogens is 1. The number of nitrogens with one attached hydrogen (secondary N) is 1. The summed E-state index contributed by atoms with van der Waals surface area (Å²) in [5.41, 5.74) is 1.93.